The highest BCUT2D eigenvalue weighted by Crippen LogP contribution is 2.25. The fraction of sp³-hybridized carbons (Fsp3) is 0.471. The molecule has 3 nitrogen and oxygen atoms in total. The van der Waals surface area contributed by atoms with E-state index >= 15 is 0 Å². The van der Waals surface area contributed by atoms with E-state index in [0.717, 1.165) is 36.3 Å². The van der Waals surface area contributed by atoms with Gasteiger partial charge in [-0.15, -0.1) is 0 Å². The molecule has 1 aromatic carbocycles. The van der Waals surface area contributed by atoms with E-state index in [1.807, 2.05) is 24.7 Å². The molecule has 0 bridgehead atoms. The van der Waals surface area contributed by atoms with Crippen LogP contribution in [0.4, 0.5) is 4.39 Å². The maximum atomic E-state index is 13.4. The van der Waals surface area contributed by atoms with Gasteiger partial charge >= 0.3 is 0 Å². The predicted molar refractivity (Wildman–Crippen MR) is 83.8 cm³/mol. The van der Waals surface area contributed by atoms with Gasteiger partial charge in [-0.25, -0.2) is 4.39 Å². The van der Waals surface area contributed by atoms with Gasteiger partial charge in [0.05, 0.1) is 5.69 Å². The summed E-state index contributed by atoms with van der Waals surface area (Å²) in [6, 6.07) is 7.01. The lowest BCUT2D eigenvalue weighted by molar-refractivity contribution is 0.522. The van der Waals surface area contributed by atoms with Crippen LogP contribution < -0.4 is 5.32 Å². The van der Waals surface area contributed by atoms with Crippen LogP contribution in [0.5, 0.6) is 0 Å². The highest BCUT2D eigenvalue weighted by Gasteiger charge is 2.20. The van der Waals surface area contributed by atoms with Crippen LogP contribution in [0.3, 0.4) is 0 Å². The summed E-state index contributed by atoms with van der Waals surface area (Å²) < 4.78 is 15.3. The molecule has 1 N–H and O–H groups in total. The van der Waals surface area contributed by atoms with Crippen LogP contribution in [-0.4, -0.2) is 16.3 Å². The fourth-order valence-corrected chi connectivity index (χ4v) is 2.79. The van der Waals surface area contributed by atoms with Crippen molar-refractivity contribution in [1.82, 2.24) is 15.1 Å². The molecule has 1 unspecified atom stereocenters. The molecule has 0 amide bonds. The Hall–Kier alpha value is -1.68. The number of aromatic nitrogens is 2. The minimum Gasteiger partial charge on any atom is -0.310 e. The SMILES string of the molecule is CCCNC(Cc1cccc(F)c1)c1c(C)nn(C)c1C. The lowest BCUT2D eigenvalue weighted by Gasteiger charge is -2.20. The van der Waals surface area contributed by atoms with Crippen molar-refractivity contribution in [3.8, 4) is 0 Å². The number of hydrogen-bond acceptors (Lipinski definition) is 2. The van der Waals surface area contributed by atoms with Crippen LogP contribution in [0.15, 0.2) is 24.3 Å². The van der Waals surface area contributed by atoms with Gasteiger partial charge in [0.2, 0.25) is 0 Å². The number of rotatable bonds is 6. The average Bonchev–Trinajstić information content (AvgIpc) is 2.68. The summed E-state index contributed by atoms with van der Waals surface area (Å²) in [6.07, 6.45) is 1.84. The van der Waals surface area contributed by atoms with Gasteiger partial charge in [-0.2, -0.15) is 5.10 Å². The Kier molecular flexibility index (Phi) is 5.12. The topological polar surface area (TPSA) is 29.9 Å². The summed E-state index contributed by atoms with van der Waals surface area (Å²) in [6.45, 7) is 7.21. The van der Waals surface area contributed by atoms with Crippen LogP contribution in [0.2, 0.25) is 0 Å². The molecule has 0 aliphatic rings. The number of aryl methyl sites for hydroxylation is 2. The van der Waals surface area contributed by atoms with E-state index in [9.17, 15) is 4.39 Å². The van der Waals surface area contributed by atoms with Gasteiger partial charge in [-0.3, -0.25) is 4.68 Å². The van der Waals surface area contributed by atoms with Crippen LogP contribution >= 0.6 is 0 Å². The van der Waals surface area contributed by atoms with Gasteiger partial charge < -0.3 is 5.32 Å². The number of benzene rings is 1. The summed E-state index contributed by atoms with van der Waals surface area (Å²) in [4.78, 5) is 0. The second-order valence-corrected chi connectivity index (χ2v) is 5.55. The molecule has 0 aliphatic carbocycles. The molecule has 1 atom stereocenters. The lowest BCUT2D eigenvalue weighted by atomic mass is 9.97. The van der Waals surface area contributed by atoms with Crippen molar-refractivity contribution in [2.75, 3.05) is 6.54 Å². The average molecular weight is 289 g/mol. The summed E-state index contributed by atoms with van der Waals surface area (Å²) in [5, 5.41) is 8.07. The molecule has 0 fully saturated rings. The first-order valence-electron chi connectivity index (χ1n) is 7.50. The second-order valence-electron chi connectivity index (χ2n) is 5.55. The molecule has 1 heterocycles. The van der Waals surface area contributed by atoms with Gasteiger partial charge in [0.25, 0.3) is 0 Å². The Morgan fingerprint density at radius 2 is 2.10 bits per heavy atom. The van der Waals surface area contributed by atoms with Gasteiger partial charge in [0.15, 0.2) is 0 Å². The minimum atomic E-state index is -0.179. The van der Waals surface area contributed by atoms with Gasteiger partial charge in [-0.1, -0.05) is 19.1 Å². The number of nitrogens with one attached hydrogen (secondary N) is 1. The third-order valence-corrected chi connectivity index (χ3v) is 3.88. The van der Waals surface area contributed by atoms with Gasteiger partial charge in [0, 0.05) is 24.3 Å². The molecular formula is C17H24FN3. The zero-order valence-electron chi connectivity index (χ0n) is 13.3. The van der Waals surface area contributed by atoms with E-state index in [-0.39, 0.29) is 11.9 Å². The van der Waals surface area contributed by atoms with E-state index in [2.05, 4.69) is 24.3 Å². The molecule has 4 heteroatoms. The van der Waals surface area contributed by atoms with Gasteiger partial charge in [-0.05, 0) is 50.9 Å². The van der Waals surface area contributed by atoms with E-state index < -0.39 is 0 Å². The van der Waals surface area contributed by atoms with E-state index in [0.29, 0.717) is 0 Å². The van der Waals surface area contributed by atoms with E-state index in [1.165, 1.54) is 11.6 Å². The minimum absolute atomic E-state index is 0.167. The Bertz CT molecular complexity index is 604. The quantitative estimate of drug-likeness (QED) is 0.882. The Morgan fingerprint density at radius 1 is 1.33 bits per heavy atom. The molecule has 21 heavy (non-hydrogen) atoms. The number of nitrogens with zero attached hydrogens (tertiary/aromatic N) is 2. The van der Waals surface area contributed by atoms with Crippen LogP contribution in [0, 0.1) is 19.7 Å². The summed E-state index contributed by atoms with van der Waals surface area (Å²) in [5.74, 6) is -0.179. The normalized spacial score (nSPS) is 12.6. The highest BCUT2D eigenvalue weighted by molar-refractivity contribution is 5.30. The first-order valence-corrected chi connectivity index (χ1v) is 7.50. The molecule has 0 spiro atoms. The highest BCUT2D eigenvalue weighted by atomic mass is 19.1. The third kappa shape index (κ3) is 3.70. The molecule has 0 saturated heterocycles. The third-order valence-electron chi connectivity index (χ3n) is 3.88. The summed E-state index contributed by atoms with van der Waals surface area (Å²) in [5.41, 5.74) is 4.44. The molecule has 0 aliphatic heterocycles. The van der Waals surface area contributed by atoms with Crippen LogP contribution in [0.1, 0.15) is 41.9 Å². The van der Waals surface area contributed by atoms with E-state index in [4.69, 9.17) is 0 Å². The molecule has 2 rings (SSSR count). The van der Waals surface area contributed by atoms with Crippen molar-refractivity contribution in [1.29, 1.82) is 0 Å². The van der Waals surface area contributed by atoms with Gasteiger partial charge in [0.1, 0.15) is 5.82 Å². The first-order chi connectivity index (χ1) is 10.0. The lowest BCUT2D eigenvalue weighted by Crippen LogP contribution is -2.25. The van der Waals surface area contributed by atoms with Crippen LogP contribution in [0.25, 0.3) is 0 Å². The Labute approximate surface area is 126 Å². The van der Waals surface area contributed by atoms with E-state index in [1.54, 1.807) is 12.1 Å². The second kappa shape index (κ2) is 6.85. The van der Waals surface area contributed by atoms with Crippen molar-refractivity contribution in [3.05, 3.63) is 52.6 Å². The maximum absolute atomic E-state index is 13.4. The van der Waals surface area contributed by atoms with Crippen molar-refractivity contribution in [3.63, 3.8) is 0 Å². The zero-order chi connectivity index (χ0) is 15.4. The van der Waals surface area contributed by atoms with Crippen LogP contribution in [-0.2, 0) is 13.5 Å². The standard InChI is InChI=1S/C17H24FN3/c1-5-9-19-16(11-14-7-6-8-15(18)10-14)17-12(2)20-21(4)13(17)3/h6-8,10,16,19H,5,9,11H2,1-4H3. The number of halogens is 1. The molecule has 2 aromatic rings. The summed E-state index contributed by atoms with van der Waals surface area (Å²) >= 11 is 0. The smallest absolute Gasteiger partial charge is 0.123 e. The monoisotopic (exact) mass is 289 g/mol. The molecular weight excluding hydrogens is 265 g/mol. The number of hydrogen-bond donors (Lipinski definition) is 1. The molecule has 0 saturated carbocycles. The largest absolute Gasteiger partial charge is 0.310 e. The predicted octanol–water partition coefficient (Wildman–Crippen LogP) is 3.46. The zero-order valence-corrected chi connectivity index (χ0v) is 13.3. The van der Waals surface area contributed by atoms with Crippen molar-refractivity contribution < 1.29 is 4.39 Å². The Morgan fingerprint density at radius 3 is 2.67 bits per heavy atom. The van der Waals surface area contributed by atoms with Crippen molar-refractivity contribution >= 4 is 0 Å². The molecule has 1 aromatic heterocycles. The Balaban J connectivity index is 2.29. The van der Waals surface area contributed by atoms with Crippen molar-refractivity contribution in [2.45, 2.75) is 39.7 Å². The van der Waals surface area contributed by atoms with Crippen molar-refractivity contribution in [2.24, 2.45) is 7.05 Å². The summed E-state index contributed by atoms with van der Waals surface area (Å²) in [7, 11) is 1.96. The fourth-order valence-electron chi connectivity index (χ4n) is 2.79. The molecule has 114 valence electrons. The molecule has 0 radical (unpaired) electrons. The first kappa shape index (κ1) is 15.7. The maximum Gasteiger partial charge on any atom is 0.123 e.